The highest BCUT2D eigenvalue weighted by atomic mass is 127. The second kappa shape index (κ2) is 10.1. The van der Waals surface area contributed by atoms with Crippen molar-refractivity contribution in [2.24, 2.45) is 10.7 Å². The molecule has 0 aliphatic carbocycles. The van der Waals surface area contributed by atoms with Crippen LogP contribution in [0.25, 0.3) is 0 Å². The minimum atomic E-state index is -0.0498. The predicted molar refractivity (Wildman–Crippen MR) is 113 cm³/mol. The van der Waals surface area contributed by atoms with Crippen molar-refractivity contribution in [2.75, 3.05) is 6.54 Å². The minimum absolute atomic E-state index is 0. The van der Waals surface area contributed by atoms with E-state index in [9.17, 15) is 0 Å². The average Bonchev–Trinajstić information content (AvgIpc) is 2.49. The summed E-state index contributed by atoms with van der Waals surface area (Å²) in [6.45, 7) is 4.63. The molecule has 130 valence electrons. The van der Waals surface area contributed by atoms with Crippen molar-refractivity contribution in [1.29, 1.82) is 0 Å². The van der Waals surface area contributed by atoms with E-state index in [0.717, 1.165) is 17.5 Å². The molecule has 1 heterocycles. The molecule has 2 rings (SSSR count). The molecular formula is C17H21Cl2IN4. The number of aromatic nitrogens is 1. The zero-order chi connectivity index (χ0) is 16.8. The topological polar surface area (TPSA) is 63.3 Å². The molecule has 0 aliphatic heterocycles. The number of hydrogen-bond donors (Lipinski definition) is 2. The Morgan fingerprint density at radius 2 is 2.08 bits per heavy atom. The quantitative estimate of drug-likeness (QED) is 0.377. The summed E-state index contributed by atoms with van der Waals surface area (Å²) in [7, 11) is 0. The number of benzene rings is 1. The number of pyridine rings is 1. The van der Waals surface area contributed by atoms with Crippen molar-refractivity contribution in [3.63, 3.8) is 0 Å². The fourth-order valence-electron chi connectivity index (χ4n) is 2.28. The summed E-state index contributed by atoms with van der Waals surface area (Å²) in [6.07, 6.45) is 4.47. The Labute approximate surface area is 169 Å². The van der Waals surface area contributed by atoms with E-state index in [1.807, 2.05) is 32.2 Å². The zero-order valence-corrected chi connectivity index (χ0v) is 17.4. The fourth-order valence-corrected chi connectivity index (χ4v) is 2.85. The van der Waals surface area contributed by atoms with Crippen LogP contribution in [0.2, 0.25) is 10.0 Å². The summed E-state index contributed by atoms with van der Waals surface area (Å²) in [5.41, 5.74) is 9.27. The van der Waals surface area contributed by atoms with Gasteiger partial charge in [-0.1, -0.05) is 29.3 Å². The van der Waals surface area contributed by atoms with Crippen molar-refractivity contribution < 1.29 is 0 Å². The summed E-state index contributed by atoms with van der Waals surface area (Å²) in [5, 5.41) is 4.37. The van der Waals surface area contributed by atoms with Gasteiger partial charge < -0.3 is 11.1 Å². The number of nitrogens with two attached hydrogens (primary N) is 1. The highest BCUT2D eigenvalue weighted by Gasteiger charge is 2.10. The van der Waals surface area contributed by atoms with Crippen molar-refractivity contribution in [1.82, 2.24) is 10.3 Å². The van der Waals surface area contributed by atoms with E-state index in [1.54, 1.807) is 18.3 Å². The van der Waals surface area contributed by atoms with Crippen molar-refractivity contribution in [3.8, 4) is 0 Å². The molecule has 0 saturated heterocycles. The largest absolute Gasteiger partial charge is 0.370 e. The van der Waals surface area contributed by atoms with Gasteiger partial charge in [-0.3, -0.25) is 9.98 Å². The molecule has 0 saturated carbocycles. The number of aliphatic imine (C=N–C) groups is 1. The van der Waals surface area contributed by atoms with E-state index in [1.165, 1.54) is 5.56 Å². The van der Waals surface area contributed by atoms with Gasteiger partial charge in [0, 0.05) is 29.0 Å². The third kappa shape index (κ3) is 6.11. The van der Waals surface area contributed by atoms with E-state index in [4.69, 9.17) is 28.9 Å². The first kappa shape index (κ1) is 21.0. The van der Waals surface area contributed by atoms with Crippen LogP contribution in [-0.2, 0) is 6.42 Å². The van der Waals surface area contributed by atoms with Crippen LogP contribution in [-0.4, -0.2) is 17.5 Å². The molecule has 1 unspecified atom stereocenters. The first-order valence-electron chi connectivity index (χ1n) is 7.38. The highest BCUT2D eigenvalue weighted by molar-refractivity contribution is 14.0. The predicted octanol–water partition coefficient (Wildman–Crippen LogP) is 4.52. The molecule has 1 atom stereocenters. The second-order valence-electron chi connectivity index (χ2n) is 5.35. The lowest BCUT2D eigenvalue weighted by molar-refractivity contribution is 0.707. The Kier molecular flexibility index (Phi) is 8.80. The summed E-state index contributed by atoms with van der Waals surface area (Å²) in [4.78, 5) is 8.45. The van der Waals surface area contributed by atoms with Gasteiger partial charge in [0.05, 0.1) is 6.04 Å². The van der Waals surface area contributed by atoms with Gasteiger partial charge in [0.2, 0.25) is 0 Å². The molecule has 0 amide bonds. The maximum atomic E-state index is 6.20. The van der Waals surface area contributed by atoms with E-state index in [2.05, 4.69) is 15.3 Å². The number of hydrogen-bond acceptors (Lipinski definition) is 2. The number of nitrogens with zero attached hydrogens (tertiary/aromatic N) is 2. The van der Waals surface area contributed by atoms with Crippen LogP contribution < -0.4 is 11.1 Å². The SMILES string of the molecule is Cc1cnccc1CCN=C(N)NC(C)c1ccc(Cl)cc1Cl.I. The first-order chi connectivity index (χ1) is 11.0. The minimum Gasteiger partial charge on any atom is -0.370 e. The number of guanidine groups is 1. The molecule has 2 aromatic rings. The smallest absolute Gasteiger partial charge is 0.189 e. The third-order valence-corrected chi connectivity index (χ3v) is 4.16. The summed E-state index contributed by atoms with van der Waals surface area (Å²) >= 11 is 12.1. The summed E-state index contributed by atoms with van der Waals surface area (Å²) in [6, 6.07) is 7.36. The van der Waals surface area contributed by atoms with Gasteiger partial charge in [0.15, 0.2) is 5.96 Å². The molecular weight excluding hydrogens is 458 g/mol. The Morgan fingerprint density at radius 1 is 1.33 bits per heavy atom. The van der Waals surface area contributed by atoms with Crippen LogP contribution >= 0.6 is 47.2 Å². The monoisotopic (exact) mass is 478 g/mol. The fraction of sp³-hybridized carbons (Fsp3) is 0.294. The van der Waals surface area contributed by atoms with Crippen molar-refractivity contribution in [3.05, 3.63) is 63.4 Å². The van der Waals surface area contributed by atoms with Gasteiger partial charge in [-0.15, -0.1) is 24.0 Å². The maximum Gasteiger partial charge on any atom is 0.189 e. The molecule has 0 spiro atoms. The second-order valence-corrected chi connectivity index (χ2v) is 6.19. The maximum absolute atomic E-state index is 6.20. The molecule has 4 nitrogen and oxygen atoms in total. The number of nitrogens with one attached hydrogen (secondary N) is 1. The highest BCUT2D eigenvalue weighted by Crippen LogP contribution is 2.25. The molecule has 1 aromatic carbocycles. The normalized spacial score (nSPS) is 12.4. The van der Waals surface area contributed by atoms with Gasteiger partial charge >= 0.3 is 0 Å². The lowest BCUT2D eigenvalue weighted by Gasteiger charge is -2.16. The molecule has 24 heavy (non-hydrogen) atoms. The lowest BCUT2D eigenvalue weighted by Crippen LogP contribution is -2.34. The summed E-state index contributed by atoms with van der Waals surface area (Å²) < 4.78 is 0. The van der Waals surface area contributed by atoms with E-state index >= 15 is 0 Å². The molecule has 0 bridgehead atoms. The number of halogens is 3. The van der Waals surface area contributed by atoms with Crippen molar-refractivity contribution >= 4 is 53.1 Å². The van der Waals surface area contributed by atoms with E-state index in [-0.39, 0.29) is 30.0 Å². The van der Waals surface area contributed by atoms with Crippen LogP contribution in [0, 0.1) is 6.92 Å². The number of aryl methyl sites for hydroxylation is 1. The molecule has 1 aromatic heterocycles. The van der Waals surface area contributed by atoms with Crippen LogP contribution in [0.15, 0.2) is 41.7 Å². The molecule has 0 fully saturated rings. The molecule has 0 radical (unpaired) electrons. The number of rotatable bonds is 5. The lowest BCUT2D eigenvalue weighted by atomic mass is 10.1. The first-order valence-corrected chi connectivity index (χ1v) is 8.14. The van der Waals surface area contributed by atoms with Crippen LogP contribution in [0.5, 0.6) is 0 Å². The Balaban J connectivity index is 0.00000288. The van der Waals surface area contributed by atoms with Crippen molar-refractivity contribution in [2.45, 2.75) is 26.3 Å². The van der Waals surface area contributed by atoms with Crippen LogP contribution in [0.3, 0.4) is 0 Å². The molecule has 0 aliphatic rings. The van der Waals surface area contributed by atoms with E-state index < -0.39 is 0 Å². The van der Waals surface area contributed by atoms with Gasteiger partial charge in [0.25, 0.3) is 0 Å². The third-order valence-electron chi connectivity index (χ3n) is 3.59. The Bertz CT molecular complexity index is 707. The summed E-state index contributed by atoms with van der Waals surface area (Å²) in [5.74, 6) is 0.398. The Hall–Kier alpha value is -1.05. The molecule has 7 heteroatoms. The van der Waals surface area contributed by atoms with Gasteiger partial charge in [0.1, 0.15) is 0 Å². The van der Waals surface area contributed by atoms with E-state index in [0.29, 0.717) is 22.5 Å². The van der Waals surface area contributed by atoms with Gasteiger partial charge in [-0.2, -0.15) is 0 Å². The van der Waals surface area contributed by atoms with Crippen LogP contribution in [0.4, 0.5) is 0 Å². The van der Waals surface area contributed by atoms with Crippen LogP contribution in [0.1, 0.15) is 29.7 Å². The average molecular weight is 479 g/mol. The molecule has 3 N–H and O–H groups in total. The standard InChI is InChI=1S/C17H20Cl2N4.HI/c1-11-10-21-7-5-13(11)6-8-22-17(20)23-12(2)15-4-3-14(18)9-16(15)19;/h3-5,7,9-10,12H,6,8H2,1-2H3,(H3,20,22,23);1H. The van der Waals surface area contributed by atoms with Gasteiger partial charge in [-0.05, 0) is 55.2 Å². The Morgan fingerprint density at radius 3 is 2.75 bits per heavy atom. The van der Waals surface area contributed by atoms with Gasteiger partial charge in [-0.25, -0.2) is 0 Å². The zero-order valence-electron chi connectivity index (χ0n) is 13.6.